The lowest BCUT2D eigenvalue weighted by molar-refractivity contribution is -0.121. The first-order valence-electron chi connectivity index (χ1n) is 5.73. The Morgan fingerprint density at radius 1 is 1.56 bits per heavy atom. The Hall–Kier alpha value is -0.320. The largest absolute Gasteiger partial charge is 0.383 e. The third kappa shape index (κ3) is 4.68. The summed E-state index contributed by atoms with van der Waals surface area (Å²) in [4.78, 5) is 11.4. The van der Waals surface area contributed by atoms with E-state index in [9.17, 15) is 4.79 Å². The Balaban J connectivity index is 0.00000225. The number of hydrogen-bond donors (Lipinski definition) is 2. The van der Waals surface area contributed by atoms with Crippen molar-refractivity contribution in [2.75, 3.05) is 26.8 Å². The van der Waals surface area contributed by atoms with Crippen LogP contribution < -0.4 is 10.6 Å². The van der Waals surface area contributed by atoms with Crippen LogP contribution in [-0.4, -0.2) is 38.3 Å². The van der Waals surface area contributed by atoms with Gasteiger partial charge in [-0.3, -0.25) is 4.79 Å². The quantitative estimate of drug-likeness (QED) is 0.742. The van der Waals surface area contributed by atoms with E-state index < -0.39 is 0 Å². The van der Waals surface area contributed by atoms with Crippen LogP contribution in [-0.2, 0) is 9.53 Å². The van der Waals surface area contributed by atoms with Crippen LogP contribution in [0.4, 0.5) is 0 Å². The van der Waals surface area contributed by atoms with Gasteiger partial charge in [0.25, 0.3) is 0 Å². The molecule has 5 heteroatoms. The zero-order chi connectivity index (χ0) is 11.1. The molecule has 0 aliphatic carbocycles. The molecule has 1 rings (SSSR count). The van der Waals surface area contributed by atoms with Crippen molar-refractivity contribution in [1.29, 1.82) is 0 Å². The van der Waals surface area contributed by atoms with Gasteiger partial charge < -0.3 is 15.4 Å². The summed E-state index contributed by atoms with van der Waals surface area (Å²) in [6, 6.07) is 0. The molecule has 1 fully saturated rings. The first-order chi connectivity index (χ1) is 7.22. The smallest absolute Gasteiger partial charge is 0.220 e. The highest BCUT2D eigenvalue weighted by molar-refractivity contribution is 5.85. The molecule has 96 valence electrons. The number of nitrogens with one attached hydrogen (secondary N) is 2. The Morgan fingerprint density at radius 3 is 2.81 bits per heavy atom. The van der Waals surface area contributed by atoms with E-state index in [1.807, 2.05) is 6.92 Å². The molecule has 4 nitrogen and oxygen atoms in total. The Morgan fingerprint density at radius 2 is 2.31 bits per heavy atom. The van der Waals surface area contributed by atoms with Crippen LogP contribution in [0.25, 0.3) is 0 Å². The average molecular weight is 251 g/mol. The van der Waals surface area contributed by atoms with Crippen LogP contribution in [0.2, 0.25) is 0 Å². The first-order valence-corrected chi connectivity index (χ1v) is 5.73. The number of hydrogen-bond acceptors (Lipinski definition) is 3. The molecule has 1 heterocycles. The third-order valence-corrected chi connectivity index (χ3v) is 2.85. The fourth-order valence-corrected chi connectivity index (χ4v) is 2.05. The van der Waals surface area contributed by atoms with Gasteiger partial charge in [-0.2, -0.15) is 0 Å². The van der Waals surface area contributed by atoms with E-state index >= 15 is 0 Å². The Labute approximate surface area is 104 Å². The molecule has 1 aliphatic rings. The van der Waals surface area contributed by atoms with E-state index in [0.717, 1.165) is 25.8 Å². The lowest BCUT2D eigenvalue weighted by Crippen LogP contribution is -2.52. The van der Waals surface area contributed by atoms with Crippen LogP contribution in [0.1, 0.15) is 32.6 Å². The molecule has 1 saturated heterocycles. The van der Waals surface area contributed by atoms with Gasteiger partial charge in [0.1, 0.15) is 0 Å². The molecule has 0 saturated carbocycles. The summed E-state index contributed by atoms with van der Waals surface area (Å²) >= 11 is 0. The molecule has 0 radical (unpaired) electrons. The topological polar surface area (TPSA) is 50.4 Å². The molecule has 1 unspecified atom stereocenters. The summed E-state index contributed by atoms with van der Waals surface area (Å²) in [5.74, 6) is 0.140. The standard InChI is InChI=1S/C11H22N2O2.ClH/c1-3-5-10(14)12-8-11(9-15-2)6-4-7-13-11;/h13H,3-9H2,1-2H3,(H,12,14);1H. The van der Waals surface area contributed by atoms with Crippen LogP contribution in [0.5, 0.6) is 0 Å². The number of methoxy groups -OCH3 is 1. The number of ether oxygens (including phenoxy) is 1. The highest BCUT2D eigenvalue weighted by Gasteiger charge is 2.33. The van der Waals surface area contributed by atoms with E-state index in [1.165, 1.54) is 0 Å². The van der Waals surface area contributed by atoms with Crippen molar-refractivity contribution in [3.8, 4) is 0 Å². The van der Waals surface area contributed by atoms with Gasteiger partial charge in [-0.1, -0.05) is 6.92 Å². The van der Waals surface area contributed by atoms with Crippen molar-refractivity contribution in [2.45, 2.75) is 38.1 Å². The molecular formula is C11H23ClN2O2. The Bertz CT molecular complexity index is 206. The highest BCUT2D eigenvalue weighted by atomic mass is 35.5. The molecule has 0 aromatic carbocycles. The van der Waals surface area contributed by atoms with Crippen LogP contribution in [0.15, 0.2) is 0 Å². The lowest BCUT2D eigenvalue weighted by atomic mass is 9.98. The van der Waals surface area contributed by atoms with Crippen molar-refractivity contribution in [1.82, 2.24) is 10.6 Å². The van der Waals surface area contributed by atoms with E-state index in [-0.39, 0.29) is 23.9 Å². The number of carbonyl (C=O) groups excluding carboxylic acids is 1. The van der Waals surface area contributed by atoms with Gasteiger partial charge in [0.2, 0.25) is 5.91 Å². The maximum absolute atomic E-state index is 11.4. The molecule has 1 atom stereocenters. The predicted molar refractivity (Wildman–Crippen MR) is 67.0 cm³/mol. The van der Waals surface area contributed by atoms with Crippen molar-refractivity contribution in [3.63, 3.8) is 0 Å². The minimum Gasteiger partial charge on any atom is -0.383 e. The SMILES string of the molecule is CCCC(=O)NCC1(COC)CCCN1.Cl. The van der Waals surface area contributed by atoms with Crippen LogP contribution in [0, 0.1) is 0 Å². The summed E-state index contributed by atoms with van der Waals surface area (Å²) in [5.41, 5.74) is -0.0296. The molecule has 1 aliphatic heterocycles. The molecule has 0 spiro atoms. The zero-order valence-electron chi connectivity index (χ0n) is 10.2. The van der Waals surface area contributed by atoms with Gasteiger partial charge in [0.05, 0.1) is 12.1 Å². The number of amides is 1. The number of rotatable bonds is 6. The lowest BCUT2D eigenvalue weighted by Gasteiger charge is -2.28. The van der Waals surface area contributed by atoms with Gasteiger partial charge in [-0.15, -0.1) is 12.4 Å². The summed E-state index contributed by atoms with van der Waals surface area (Å²) in [5, 5.41) is 6.40. The van der Waals surface area contributed by atoms with Crippen LogP contribution in [0.3, 0.4) is 0 Å². The summed E-state index contributed by atoms with van der Waals surface area (Å²) in [7, 11) is 1.70. The van der Waals surface area contributed by atoms with E-state index in [2.05, 4.69) is 10.6 Å². The molecule has 0 aromatic rings. The van der Waals surface area contributed by atoms with Gasteiger partial charge >= 0.3 is 0 Å². The molecule has 0 bridgehead atoms. The van der Waals surface area contributed by atoms with Gasteiger partial charge in [-0.25, -0.2) is 0 Å². The fraction of sp³-hybridized carbons (Fsp3) is 0.909. The van der Waals surface area contributed by atoms with Gasteiger partial charge in [0.15, 0.2) is 0 Å². The Kier molecular flexibility index (Phi) is 7.72. The number of carbonyl (C=O) groups is 1. The minimum absolute atomic E-state index is 0. The summed E-state index contributed by atoms with van der Waals surface area (Å²) in [6.45, 7) is 4.38. The number of halogens is 1. The van der Waals surface area contributed by atoms with E-state index in [1.54, 1.807) is 7.11 Å². The van der Waals surface area contributed by atoms with E-state index in [4.69, 9.17) is 4.74 Å². The first kappa shape index (κ1) is 15.7. The fourth-order valence-electron chi connectivity index (χ4n) is 2.05. The second-order valence-corrected chi connectivity index (χ2v) is 4.27. The summed E-state index contributed by atoms with van der Waals surface area (Å²) in [6.07, 6.45) is 3.75. The highest BCUT2D eigenvalue weighted by Crippen LogP contribution is 2.18. The normalized spacial score (nSPS) is 23.9. The molecule has 2 N–H and O–H groups in total. The van der Waals surface area contributed by atoms with Crippen molar-refractivity contribution < 1.29 is 9.53 Å². The third-order valence-electron chi connectivity index (χ3n) is 2.85. The predicted octanol–water partition coefficient (Wildman–Crippen LogP) is 1.09. The second-order valence-electron chi connectivity index (χ2n) is 4.27. The van der Waals surface area contributed by atoms with Crippen molar-refractivity contribution in [3.05, 3.63) is 0 Å². The molecule has 16 heavy (non-hydrogen) atoms. The van der Waals surface area contributed by atoms with E-state index in [0.29, 0.717) is 19.6 Å². The van der Waals surface area contributed by atoms with Crippen LogP contribution >= 0.6 is 12.4 Å². The molecule has 1 amide bonds. The zero-order valence-corrected chi connectivity index (χ0v) is 11.0. The van der Waals surface area contributed by atoms with Gasteiger partial charge in [0, 0.05) is 20.1 Å². The molecule has 0 aromatic heterocycles. The monoisotopic (exact) mass is 250 g/mol. The van der Waals surface area contributed by atoms with Crippen molar-refractivity contribution in [2.24, 2.45) is 0 Å². The molecular weight excluding hydrogens is 228 g/mol. The van der Waals surface area contributed by atoms with Crippen molar-refractivity contribution >= 4 is 18.3 Å². The maximum atomic E-state index is 11.4. The summed E-state index contributed by atoms with van der Waals surface area (Å²) < 4.78 is 5.21. The average Bonchev–Trinajstić information content (AvgIpc) is 2.65. The minimum atomic E-state index is -0.0296. The van der Waals surface area contributed by atoms with Gasteiger partial charge in [-0.05, 0) is 25.8 Å². The maximum Gasteiger partial charge on any atom is 0.220 e. The second kappa shape index (κ2) is 7.87.